The van der Waals surface area contributed by atoms with Gasteiger partial charge in [0.1, 0.15) is 18.3 Å². The predicted octanol–water partition coefficient (Wildman–Crippen LogP) is 1.66. The second kappa shape index (κ2) is 4.05. The molecule has 4 heteroatoms. The fraction of sp³-hybridized carbons (Fsp3) is 0.857. The number of fused-ring (bicyclic) bond motifs is 2. The van der Waals surface area contributed by atoms with Crippen LogP contribution in [0.5, 0.6) is 0 Å². The zero-order valence-corrected chi connectivity index (χ0v) is 11.7. The molecular weight excluding hydrogens is 230 g/mol. The molecule has 0 aromatic rings. The summed E-state index contributed by atoms with van der Waals surface area (Å²) in [6.45, 7) is 8.01. The summed E-state index contributed by atoms with van der Waals surface area (Å²) < 4.78 is 5.48. The Bertz CT molecular complexity index is 391. The Balaban J connectivity index is 2.13. The van der Waals surface area contributed by atoms with E-state index in [1.165, 1.54) is 6.92 Å². The van der Waals surface area contributed by atoms with Crippen LogP contribution in [0, 0.1) is 16.7 Å². The van der Waals surface area contributed by atoms with Crippen molar-refractivity contribution in [1.82, 2.24) is 0 Å². The Morgan fingerprint density at radius 3 is 2.39 bits per heavy atom. The number of hydrogen-bond donors (Lipinski definition) is 1. The van der Waals surface area contributed by atoms with E-state index in [0.29, 0.717) is 5.92 Å². The smallest absolute Gasteiger partial charge is 0.313 e. The Kier molecular flexibility index (Phi) is 3.05. The minimum atomic E-state index is -0.435. The van der Waals surface area contributed by atoms with Crippen LogP contribution in [-0.4, -0.2) is 23.9 Å². The van der Waals surface area contributed by atoms with Gasteiger partial charge in [-0.3, -0.25) is 9.59 Å². The van der Waals surface area contributed by atoms with E-state index in [1.54, 1.807) is 0 Å². The van der Waals surface area contributed by atoms with E-state index in [1.807, 2.05) is 0 Å². The number of Topliss-reactive ketones (excluding diaryl/α,β-unsaturated/α-hetero) is 1. The predicted molar refractivity (Wildman–Crippen MR) is 67.8 cm³/mol. The molecule has 0 aliphatic heterocycles. The zero-order valence-electron chi connectivity index (χ0n) is 11.7. The molecule has 2 aliphatic carbocycles. The van der Waals surface area contributed by atoms with Gasteiger partial charge in [-0.15, -0.1) is 0 Å². The highest BCUT2D eigenvalue weighted by Gasteiger charge is 2.66. The van der Waals surface area contributed by atoms with Crippen LogP contribution in [0.1, 0.15) is 47.0 Å². The molecule has 2 N–H and O–H groups in total. The van der Waals surface area contributed by atoms with E-state index in [9.17, 15) is 9.59 Å². The van der Waals surface area contributed by atoms with Crippen LogP contribution in [0.3, 0.4) is 0 Å². The van der Waals surface area contributed by atoms with Gasteiger partial charge < -0.3 is 10.5 Å². The Labute approximate surface area is 108 Å². The maximum atomic E-state index is 11.6. The van der Waals surface area contributed by atoms with Crippen molar-refractivity contribution in [3.05, 3.63) is 0 Å². The Hall–Kier alpha value is -0.900. The molecule has 0 spiro atoms. The summed E-state index contributed by atoms with van der Waals surface area (Å²) >= 11 is 0. The summed E-state index contributed by atoms with van der Waals surface area (Å²) in [5, 5.41) is 0. The minimum absolute atomic E-state index is 0.0266. The van der Waals surface area contributed by atoms with Crippen LogP contribution in [-0.2, 0) is 14.3 Å². The lowest BCUT2D eigenvalue weighted by atomic mass is 9.69. The van der Waals surface area contributed by atoms with Crippen LogP contribution in [0.15, 0.2) is 0 Å². The molecule has 102 valence electrons. The number of ether oxygens (including phenoxy) is 1. The number of esters is 1. The minimum Gasteiger partial charge on any atom is -0.460 e. The first-order valence-corrected chi connectivity index (χ1v) is 6.64. The van der Waals surface area contributed by atoms with Crippen LogP contribution in [0.2, 0.25) is 0 Å². The molecule has 0 saturated heterocycles. The Morgan fingerprint density at radius 1 is 1.33 bits per heavy atom. The molecule has 0 heterocycles. The van der Waals surface area contributed by atoms with Crippen LogP contribution in [0.4, 0.5) is 0 Å². The van der Waals surface area contributed by atoms with Crippen molar-refractivity contribution in [3.8, 4) is 0 Å². The molecule has 2 rings (SSSR count). The zero-order chi connectivity index (χ0) is 13.7. The van der Waals surface area contributed by atoms with Crippen molar-refractivity contribution in [2.45, 2.75) is 59.1 Å². The largest absolute Gasteiger partial charge is 0.460 e. The van der Waals surface area contributed by atoms with Gasteiger partial charge in [0.05, 0.1) is 0 Å². The molecule has 0 amide bonds. The summed E-state index contributed by atoms with van der Waals surface area (Å²) in [6.07, 6.45) is 1.76. The first-order valence-electron chi connectivity index (χ1n) is 6.64. The lowest BCUT2D eigenvalue weighted by Crippen LogP contribution is -2.48. The highest BCUT2D eigenvalue weighted by atomic mass is 16.5. The number of hydrogen-bond acceptors (Lipinski definition) is 4. The molecule has 0 aromatic heterocycles. The van der Waals surface area contributed by atoms with Gasteiger partial charge in [0.2, 0.25) is 0 Å². The molecule has 2 bridgehead atoms. The quantitative estimate of drug-likeness (QED) is 0.613. The summed E-state index contributed by atoms with van der Waals surface area (Å²) in [7, 11) is 0. The standard InChI is InChI=1S/C14H23NO3/c1-8(16)7-10(17)18-11-9-5-6-14(4,12(11)15)13(9,2)3/h9,11-12H,5-7,15H2,1-4H3. The monoisotopic (exact) mass is 253 g/mol. The fourth-order valence-corrected chi connectivity index (χ4v) is 3.90. The normalized spacial score (nSPS) is 40.8. The van der Waals surface area contributed by atoms with Gasteiger partial charge in [-0.2, -0.15) is 0 Å². The third-order valence-electron chi connectivity index (χ3n) is 5.52. The molecule has 2 aliphatic rings. The fourth-order valence-electron chi connectivity index (χ4n) is 3.90. The van der Waals surface area contributed by atoms with Gasteiger partial charge in [-0.05, 0) is 30.6 Å². The number of nitrogens with two attached hydrogens (primary N) is 1. The number of ketones is 1. The maximum absolute atomic E-state index is 11.6. The molecule has 18 heavy (non-hydrogen) atoms. The summed E-state index contributed by atoms with van der Waals surface area (Å²) in [5.41, 5.74) is 6.41. The van der Waals surface area contributed by atoms with Crippen molar-refractivity contribution < 1.29 is 14.3 Å². The molecule has 4 unspecified atom stereocenters. The average molecular weight is 253 g/mol. The van der Waals surface area contributed by atoms with Gasteiger partial charge in [0.15, 0.2) is 0 Å². The van der Waals surface area contributed by atoms with Crippen molar-refractivity contribution in [2.75, 3.05) is 0 Å². The summed E-state index contributed by atoms with van der Waals surface area (Å²) in [5.74, 6) is -0.287. The first-order chi connectivity index (χ1) is 8.20. The maximum Gasteiger partial charge on any atom is 0.313 e. The second-order valence-electron chi connectivity index (χ2n) is 6.64. The van der Waals surface area contributed by atoms with E-state index in [-0.39, 0.29) is 35.2 Å². The van der Waals surface area contributed by atoms with E-state index < -0.39 is 5.97 Å². The molecule has 2 saturated carbocycles. The summed E-state index contributed by atoms with van der Waals surface area (Å²) in [6, 6.07) is -0.123. The number of rotatable bonds is 3. The van der Waals surface area contributed by atoms with Crippen molar-refractivity contribution in [3.63, 3.8) is 0 Å². The van der Waals surface area contributed by atoms with Gasteiger partial charge in [-0.1, -0.05) is 20.8 Å². The molecule has 0 aromatic carbocycles. The molecule has 0 radical (unpaired) electrons. The van der Waals surface area contributed by atoms with E-state index in [2.05, 4.69) is 20.8 Å². The summed E-state index contributed by atoms with van der Waals surface area (Å²) in [4.78, 5) is 22.6. The lowest BCUT2D eigenvalue weighted by Gasteiger charge is -2.37. The van der Waals surface area contributed by atoms with Crippen molar-refractivity contribution >= 4 is 11.8 Å². The topological polar surface area (TPSA) is 69.4 Å². The molecule has 4 nitrogen and oxygen atoms in total. The first kappa shape index (κ1) is 13.5. The van der Waals surface area contributed by atoms with Crippen LogP contribution >= 0.6 is 0 Å². The lowest BCUT2D eigenvalue weighted by molar-refractivity contribution is -0.154. The SMILES string of the molecule is CC(=O)CC(=O)OC1C2CCC(C)(C1N)C2(C)C. The highest BCUT2D eigenvalue weighted by molar-refractivity contribution is 5.94. The highest BCUT2D eigenvalue weighted by Crippen LogP contribution is 2.65. The van der Waals surface area contributed by atoms with E-state index in [4.69, 9.17) is 10.5 Å². The van der Waals surface area contributed by atoms with E-state index >= 15 is 0 Å². The Morgan fingerprint density at radius 2 is 1.94 bits per heavy atom. The van der Waals surface area contributed by atoms with E-state index in [0.717, 1.165) is 12.8 Å². The van der Waals surface area contributed by atoms with Crippen molar-refractivity contribution in [2.24, 2.45) is 22.5 Å². The number of carbonyl (C=O) groups excluding carboxylic acids is 2. The van der Waals surface area contributed by atoms with Crippen LogP contribution < -0.4 is 5.73 Å². The van der Waals surface area contributed by atoms with Gasteiger partial charge in [0, 0.05) is 12.0 Å². The van der Waals surface area contributed by atoms with Crippen LogP contribution in [0.25, 0.3) is 0 Å². The molecule has 4 atom stereocenters. The third kappa shape index (κ3) is 1.69. The average Bonchev–Trinajstić information content (AvgIpc) is 2.52. The third-order valence-corrected chi connectivity index (χ3v) is 5.52. The van der Waals surface area contributed by atoms with Gasteiger partial charge in [0.25, 0.3) is 0 Å². The van der Waals surface area contributed by atoms with Crippen molar-refractivity contribution in [1.29, 1.82) is 0 Å². The molecule has 2 fully saturated rings. The second-order valence-corrected chi connectivity index (χ2v) is 6.64. The van der Waals surface area contributed by atoms with Gasteiger partial charge >= 0.3 is 5.97 Å². The number of carbonyl (C=O) groups is 2. The molecular formula is C14H23NO3. The van der Waals surface area contributed by atoms with Gasteiger partial charge in [-0.25, -0.2) is 0 Å².